The molecule has 2 aromatic carbocycles. The Morgan fingerprint density at radius 1 is 0.960 bits per heavy atom. The van der Waals surface area contributed by atoms with Crippen LogP contribution < -0.4 is 0 Å². The smallest absolute Gasteiger partial charge is 0.143 e. The standard InChI is InChI=1S/C24H28O/c1-6-23(3,4)24(5)21(19-15-11-8-12-16-19)20(17(2)22(24)25)18-13-9-7-10-14-18/h6-17,20-21H,1H2,2-5H3/t17-,20+,21+,24-/m0/s1. The summed E-state index contributed by atoms with van der Waals surface area (Å²) in [6.45, 7) is 12.6. The van der Waals surface area contributed by atoms with Crippen molar-refractivity contribution in [3.63, 3.8) is 0 Å². The number of carbonyl (C=O) groups excluding carboxylic acids is 1. The summed E-state index contributed by atoms with van der Waals surface area (Å²) in [7, 11) is 0. The Morgan fingerprint density at radius 3 is 1.92 bits per heavy atom. The van der Waals surface area contributed by atoms with Crippen molar-refractivity contribution in [3.05, 3.63) is 84.4 Å². The van der Waals surface area contributed by atoms with Crippen LogP contribution >= 0.6 is 0 Å². The highest BCUT2D eigenvalue weighted by Crippen LogP contribution is 2.63. The first-order valence-electron chi connectivity index (χ1n) is 9.12. The van der Waals surface area contributed by atoms with Crippen molar-refractivity contribution in [2.45, 2.75) is 39.5 Å². The maximum Gasteiger partial charge on any atom is 0.143 e. The van der Waals surface area contributed by atoms with E-state index in [9.17, 15) is 4.79 Å². The molecule has 1 saturated carbocycles. The van der Waals surface area contributed by atoms with Gasteiger partial charge in [0.05, 0.1) is 0 Å². The zero-order chi connectivity index (χ0) is 18.2. The highest BCUT2D eigenvalue weighted by atomic mass is 16.1. The van der Waals surface area contributed by atoms with E-state index in [4.69, 9.17) is 0 Å². The Morgan fingerprint density at radius 2 is 1.44 bits per heavy atom. The normalized spacial score (nSPS) is 29.6. The van der Waals surface area contributed by atoms with Crippen LogP contribution in [0, 0.1) is 16.7 Å². The highest BCUT2D eigenvalue weighted by Gasteiger charge is 2.61. The monoisotopic (exact) mass is 332 g/mol. The lowest BCUT2D eigenvalue weighted by Crippen LogP contribution is -2.42. The summed E-state index contributed by atoms with van der Waals surface area (Å²) in [4.78, 5) is 13.6. The molecule has 0 saturated heterocycles. The lowest BCUT2D eigenvalue weighted by Gasteiger charge is -2.44. The molecule has 0 aliphatic heterocycles. The van der Waals surface area contributed by atoms with Crippen LogP contribution in [0.25, 0.3) is 0 Å². The quantitative estimate of drug-likeness (QED) is 0.628. The molecule has 25 heavy (non-hydrogen) atoms. The Kier molecular flexibility index (Phi) is 4.45. The van der Waals surface area contributed by atoms with Gasteiger partial charge in [-0.2, -0.15) is 0 Å². The number of ketones is 1. The van der Waals surface area contributed by atoms with E-state index >= 15 is 0 Å². The molecule has 0 aromatic heterocycles. The molecule has 0 amide bonds. The van der Waals surface area contributed by atoms with Crippen LogP contribution in [0.1, 0.15) is 50.7 Å². The van der Waals surface area contributed by atoms with Crippen molar-refractivity contribution in [2.75, 3.05) is 0 Å². The number of hydrogen-bond donors (Lipinski definition) is 0. The summed E-state index contributed by atoms with van der Waals surface area (Å²) < 4.78 is 0. The van der Waals surface area contributed by atoms with E-state index in [1.165, 1.54) is 11.1 Å². The summed E-state index contributed by atoms with van der Waals surface area (Å²) in [6.07, 6.45) is 1.96. The Balaban J connectivity index is 2.26. The van der Waals surface area contributed by atoms with Gasteiger partial charge in [0.1, 0.15) is 5.78 Å². The zero-order valence-corrected chi connectivity index (χ0v) is 15.7. The van der Waals surface area contributed by atoms with Gasteiger partial charge in [-0.05, 0) is 16.5 Å². The molecule has 3 rings (SSSR count). The van der Waals surface area contributed by atoms with Crippen LogP contribution in [0.3, 0.4) is 0 Å². The van der Waals surface area contributed by atoms with Gasteiger partial charge >= 0.3 is 0 Å². The van der Waals surface area contributed by atoms with E-state index in [0.29, 0.717) is 5.78 Å². The third-order valence-electron chi connectivity index (χ3n) is 6.64. The van der Waals surface area contributed by atoms with Gasteiger partial charge in [0.25, 0.3) is 0 Å². The number of allylic oxidation sites excluding steroid dienone is 1. The van der Waals surface area contributed by atoms with Gasteiger partial charge < -0.3 is 0 Å². The lowest BCUT2D eigenvalue weighted by atomic mass is 9.58. The van der Waals surface area contributed by atoms with E-state index in [1.54, 1.807) is 0 Å². The Hall–Kier alpha value is -2.15. The fourth-order valence-electron chi connectivity index (χ4n) is 4.72. The molecular weight excluding hydrogens is 304 g/mol. The van der Waals surface area contributed by atoms with Crippen molar-refractivity contribution in [1.29, 1.82) is 0 Å². The summed E-state index contributed by atoms with van der Waals surface area (Å²) in [5.74, 6) is 0.642. The lowest BCUT2D eigenvalue weighted by molar-refractivity contribution is -0.132. The molecule has 0 heterocycles. The summed E-state index contributed by atoms with van der Waals surface area (Å²) in [6, 6.07) is 21.0. The van der Waals surface area contributed by atoms with E-state index in [1.807, 2.05) is 18.2 Å². The minimum absolute atomic E-state index is 0.0168. The zero-order valence-electron chi connectivity index (χ0n) is 15.7. The first kappa shape index (κ1) is 17.7. The van der Waals surface area contributed by atoms with Crippen molar-refractivity contribution >= 4 is 5.78 Å². The first-order valence-corrected chi connectivity index (χ1v) is 9.12. The van der Waals surface area contributed by atoms with E-state index in [2.05, 4.69) is 82.8 Å². The fraction of sp³-hybridized carbons (Fsp3) is 0.375. The minimum Gasteiger partial charge on any atom is -0.299 e. The van der Waals surface area contributed by atoms with Crippen LogP contribution in [0.15, 0.2) is 73.3 Å². The van der Waals surface area contributed by atoms with Crippen molar-refractivity contribution < 1.29 is 4.79 Å². The Labute approximate surface area is 151 Å². The average molecular weight is 332 g/mol. The van der Waals surface area contributed by atoms with Gasteiger partial charge in [0, 0.05) is 23.2 Å². The van der Waals surface area contributed by atoms with Gasteiger partial charge in [-0.15, -0.1) is 6.58 Å². The third-order valence-corrected chi connectivity index (χ3v) is 6.64. The molecule has 1 nitrogen and oxygen atoms in total. The predicted octanol–water partition coefficient (Wildman–Crippen LogP) is 5.99. The fourth-order valence-corrected chi connectivity index (χ4v) is 4.72. The second-order valence-electron chi connectivity index (χ2n) is 8.11. The molecule has 0 radical (unpaired) electrons. The molecule has 130 valence electrons. The second kappa shape index (κ2) is 6.29. The van der Waals surface area contributed by atoms with Crippen LogP contribution in [0.2, 0.25) is 0 Å². The highest BCUT2D eigenvalue weighted by molar-refractivity contribution is 5.93. The molecule has 1 aliphatic carbocycles. The predicted molar refractivity (Wildman–Crippen MR) is 105 cm³/mol. The van der Waals surface area contributed by atoms with Crippen LogP contribution in [0.4, 0.5) is 0 Å². The molecular formula is C24H28O. The topological polar surface area (TPSA) is 17.1 Å². The van der Waals surface area contributed by atoms with Gasteiger partial charge in [0.15, 0.2) is 0 Å². The second-order valence-corrected chi connectivity index (χ2v) is 8.11. The minimum atomic E-state index is -0.490. The Bertz CT molecular complexity index is 759. The number of hydrogen-bond acceptors (Lipinski definition) is 1. The van der Waals surface area contributed by atoms with Crippen molar-refractivity contribution in [2.24, 2.45) is 16.7 Å². The number of benzene rings is 2. The molecule has 1 fully saturated rings. The van der Waals surface area contributed by atoms with Crippen molar-refractivity contribution in [3.8, 4) is 0 Å². The SMILES string of the molecule is C=CC(C)(C)[C@]1(C)C(=O)[C@@H](C)[C@H](c2ccccc2)[C@H]1c1ccccc1. The van der Waals surface area contributed by atoms with Gasteiger partial charge in [-0.1, -0.05) is 94.4 Å². The first-order chi connectivity index (χ1) is 11.8. The van der Waals surface area contributed by atoms with E-state index < -0.39 is 5.41 Å². The maximum atomic E-state index is 13.6. The van der Waals surface area contributed by atoms with Crippen LogP contribution in [0.5, 0.6) is 0 Å². The van der Waals surface area contributed by atoms with Crippen molar-refractivity contribution in [1.82, 2.24) is 0 Å². The summed E-state index contributed by atoms with van der Waals surface area (Å²) in [5.41, 5.74) is 1.71. The van der Waals surface area contributed by atoms with Gasteiger partial charge in [0.2, 0.25) is 0 Å². The molecule has 4 atom stereocenters. The molecule has 1 heteroatoms. The number of rotatable bonds is 4. The molecule has 1 aliphatic rings. The molecule has 0 N–H and O–H groups in total. The summed E-state index contributed by atoms with van der Waals surface area (Å²) >= 11 is 0. The number of carbonyl (C=O) groups is 1. The van der Waals surface area contributed by atoms with Crippen LogP contribution in [-0.2, 0) is 4.79 Å². The maximum absolute atomic E-state index is 13.6. The summed E-state index contributed by atoms with van der Waals surface area (Å²) in [5, 5.41) is 0. The largest absolute Gasteiger partial charge is 0.299 e. The molecule has 0 unspecified atom stereocenters. The number of Topliss-reactive ketones (excluding diaryl/α,β-unsaturated/α-hetero) is 1. The molecule has 0 spiro atoms. The van der Waals surface area contributed by atoms with E-state index in [0.717, 1.165) is 0 Å². The average Bonchev–Trinajstić information content (AvgIpc) is 2.85. The molecule has 2 aromatic rings. The van der Waals surface area contributed by atoms with E-state index in [-0.39, 0.29) is 23.2 Å². The van der Waals surface area contributed by atoms with Gasteiger partial charge in [-0.25, -0.2) is 0 Å². The third kappa shape index (κ3) is 2.57. The van der Waals surface area contributed by atoms with Gasteiger partial charge in [-0.3, -0.25) is 4.79 Å². The van der Waals surface area contributed by atoms with Crippen LogP contribution in [-0.4, -0.2) is 5.78 Å². The molecule has 0 bridgehead atoms.